The lowest BCUT2D eigenvalue weighted by molar-refractivity contribution is 0.0932. The Balaban J connectivity index is 1.40. The van der Waals surface area contributed by atoms with Crippen molar-refractivity contribution in [3.8, 4) is 0 Å². The van der Waals surface area contributed by atoms with Gasteiger partial charge in [0, 0.05) is 43.3 Å². The van der Waals surface area contributed by atoms with E-state index in [1.807, 2.05) is 12.1 Å². The normalized spacial score (nSPS) is 20.3. The van der Waals surface area contributed by atoms with Crippen LogP contribution >= 0.6 is 0 Å². The van der Waals surface area contributed by atoms with Gasteiger partial charge in [-0.15, -0.1) is 10.2 Å². The molecule has 3 heterocycles. The highest BCUT2D eigenvalue weighted by molar-refractivity contribution is 5.95. The molecule has 1 atom stereocenters. The van der Waals surface area contributed by atoms with Crippen molar-refractivity contribution in [2.24, 2.45) is 0 Å². The zero-order valence-electron chi connectivity index (χ0n) is 15.1. The first kappa shape index (κ1) is 17.0. The van der Waals surface area contributed by atoms with E-state index in [9.17, 15) is 4.79 Å². The van der Waals surface area contributed by atoms with E-state index in [4.69, 9.17) is 4.74 Å². The minimum absolute atomic E-state index is 0.00397. The van der Waals surface area contributed by atoms with Crippen molar-refractivity contribution >= 4 is 11.6 Å². The molecule has 1 aromatic heterocycles. The monoisotopic (exact) mass is 355 g/mol. The third kappa shape index (κ3) is 3.58. The maximum absolute atomic E-state index is 12.7. The third-order valence-electron chi connectivity index (χ3n) is 5.28. The Morgan fingerprint density at radius 3 is 2.88 bits per heavy atom. The predicted molar refractivity (Wildman–Crippen MR) is 98.4 cm³/mol. The summed E-state index contributed by atoms with van der Waals surface area (Å²) in [6.45, 7) is 6.24. The second kappa shape index (κ2) is 7.45. The summed E-state index contributed by atoms with van der Waals surface area (Å²) in [5.41, 5.74) is 3.05. The van der Waals surface area contributed by atoms with Gasteiger partial charge >= 0.3 is 0 Å². The van der Waals surface area contributed by atoms with Crippen LogP contribution in [-0.2, 0) is 17.7 Å². The highest BCUT2D eigenvalue weighted by Gasteiger charge is 2.20. The molecule has 1 saturated heterocycles. The van der Waals surface area contributed by atoms with Crippen LogP contribution in [0.5, 0.6) is 0 Å². The number of nitrogens with zero attached hydrogens (tertiary/aromatic N) is 4. The van der Waals surface area contributed by atoms with Crippen molar-refractivity contribution in [1.29, 1.82) is 0 Å². The van der Waals surface area contributed by atoms with Crippen molar-refractivity contribution in [2.45, 2.75) is 38.8 Å². The summed E-state index contributed by atoms with van der Waals surface area (Å²) in [5, 5.41) is 11.3. The topological polar surface area (TPSA) is 72.3 Å². The van der Waals surface area contributed by atoms with E-state index < -0.39 is 0 Å². The Morgan fingerprint density at radius 1 is 1.23 bits per heavy atom. The van der Waals surface area contributed by atoms with E-state index in [1.54, 1.807) is 6.33 Å². The van der Waals surface area contributed by atoms with Gasteiger partial charge in [-0.1, -0.05) is 0 Å². The predicted octanol–water partition coefficient (Wildman–Crippen LogP) is 1.56. The average molecular weight is 355 g/mol. The van der Waals surface area contributed by atoms with Gasteiger partial charge in [0.15, 0.2) is 0 Å². The fraction of sp³-hybridized carbons (Fsp3) is 0.526. The number of carbonyl (C=O) groups excluding carboxylic acids is 1. The summed E-state index contributed by atoms with van der Waals surface area (Å²) in [6.07, 6.45) is 4.42. The van der Waals surface area contributed by atoms with Crippen molar-refractivity contribution in [1.82, 2.24) is 20.1 Å². The van der Waals surface area contributed by atoms with E-state index in [0.29, 0.717) is 0 Å². The van der Waals surface area contributed by atoms with Gasteiger partial charge < -0.3 is 19.5 Å². The van der Waals surface area contributed by atoms with E-state index in [2.05, 4.69) is 38.0 Å². The lowest BCUT2D eigenvalue weighted by atomic mass is 10.1. The number of fused-ring (bicyclic) bond motifs is 1. The first-order chi connectivity index (χ1) is 12.7. The Kier molecular flexibility index (Phi) is 4.88. The van der Waals surface area contributed by atoms with Crippen molar-refractivity contribution in [2.75, 3.05) is 31.2 Å². The first-order valence-electron chi connectivity index (χ1n) is 9.31. The van der Waals surface area contributed by atoms with Crippen molar-refractivity contribution in [3.05, 3.63) is 41.5 Å². The zero-order valence-corrected chi connectivity index (χ0v) is 15.1. The van der Waals surface area contributed by atoms with Crippen LogP contribution in [0.25, 0.3) is 0 Å². The third-order valence-corrected chi connectivity index (χ3v) is 5.28. The number of rotatable bonds is 3. The largest absolute Gasteiger partial charge is 0.378 e. The summed E-state index contributed by atoms with van der Waals surface area (Å²) in [7, 11) is 0. The van der Waals surface area contributed by atoms with E-state index >= 15 is 0 Å². The number of hydrogen-bond acceptors (Lipinski definition) is 5. The minimum Gasteiger partial charge on any atom is -0.378 e. The molecule has 1 amide bonds. The molecule has 0 radical (unpaired) electrons. The van der Waals surface area contributed by atoms with Crippen LogP contribution in [0.3, 0.4) is 0 Å². The first-order valence-corrected chi connectivity index (χ1v) is 9.31. The molecule has 0 saturated carbocycles. The van der Waals surface area contributed by atoms with Crippen LogP contribution in [-0.4, -0.2) is 53.0 Å². The molecule has 0 spiro atoms. The molecule has 1 unspecified atom stereocenters. The highest BCUT2D eigenvalue weighted by atomic mass is 16.5. The number of benzene rings is 1. The molecule has 26 heavy (non-hydrogen) atoms. The summed E-state index contributed by atoms with van der Waals surface area (Å²) in [5.74, 6) is 1.01. The summed E-state index contributed by atoms with van der Waals surface area (Å²) in [6, 6.07) is 6.15. The van der Waals surface area contributed by atoms with Crippen LogP contribution in [0.1, 0.15) is 34.6 Å². The Morgan fingerprint density at radius 2 is 2.08 bits per heavy atom. The Hall–Kier alpha value is -2.41. The molecular weight excluding hydrogens is 330 g/mol. The summed E-state index contributed by atoms with van der Waals surface area (Å²) >= 11 is 0. The maximum atomic E-state index is 12.7. The van der Waals surface area contributed by atoms with Gasteiger partial charge in [-0.05, 0) is 43.5 Å². The number of hydrogen-bond donors (Lipinski definition) is 1. The fourth-order valence-corrected chi connectivity index (χ4v) is 3.77. The molecule has 7 nitrogen and oxygen atoms in total. The van der Waals surface area contributed by atoms with Gasteiger partial charge in [-0.25, -0.2) is 0 Å². The number of aryl methyl sites for hydroxylation is 3. The van der Waals surface area contributed by atoms with E-state index in [1.165, 1.54) is 5.69 Å². The van der Waals surface area contributed by atoms with E-state index in [-0.39, 0.29) is 11.9 Å². The maximum Gasteiger partial charge on any atom is 0.251 e. The SMILES string of the molecule is Cc1cc(C(=O)NC2CCc3nncn3CC2)ccc1N1CCOCC1. The van der Waals surface area contributed by atoms with Crippen LogP contribution < -0.4 is 10.2 Å². The molecule has 1 N–H and O–H groups in total. The number of morpholine rings is 1. The molecule has 7 heteroatoms. The van der Waals surface area contributed by atoms with Crippen molar-refractivity contribution < 1.29 is 9.53 Å². The number of nitrogens with one attached hydrogen (secondary N) is 1. The zero-order chi connectivity index (χ0) is 17.9. The lowest BCUT2D eigenvalue weighted by Crippen LogP contribution is -2.37. The minimum atomic E-state index is 0.00397. The van der Waals surface area contributed by atoms with Crippen LogP contribution in [0.15, 0.2) is 24.5 Å². The van der Waals surface area contributed by atoms with Gasteiger partial charge in [-0.3, -0.25) is 4.79 Å². The summed E-state index contributed by atoms with van der Waals surface area (Å²) < 4.78 is 7.50. The quantitative estimate of drug-likeness (QED) is 0.905. The number of anilines is 1. The van der Waals surface area contributed by atoms with Gasteiger partial charge in [0.2, 0.25) is 0 Å². The Bertz CT molecular complexity index is 759. The molecule has 4 rings (SSSR count). The Labute approximate surface area is 153 Å². The number of aromatic nitrogens is 3. The number of carbonyl (C=O) groups is 1. The molecule has 2 aliphatic rings. The van der Waals surface area contributed by atoms with Crippen LogP contribution in [0, 0.1) is 6.92 Å². The molecule has 2 aliphatic heterocycles. The smallest absolute Gasteiger partial charge is 0.251 e. The van der Waals surface area contributed by atoms with Gasteiger partial charge in [0.25, 0.3) is 5.91 Å². The molecule has 1 fully saturated rings. The molecule has 2 aromatic rings. The second-order valence-corrected chi connectivity index (χ2v) is 7.04. The number of amides is 1. The van der Waals surface area contributed by atoms with Gasteiger partial charge in [0.05, 0.1) is 13.2 Å². The molecule has 0 bridgehead atoms. The average Bonchev–Trinajstić information content (AvgIpc) is 3.03. The summed E-state index contributed by atoms with van der Waals surface area (Å²) in [4.78, 5) is 15.0. The lowest BCUT2D eigenvalue weighted by Gasteiger charge is -2.30. The van der Waals surface area contributed by atoms with E-state index in [0.717, 1.165) is 69.1 Å². The highest BCUT2D eigenvalue weighted by Crippen LogP contribution is 2.22. The van der Waals surface area contributed by atoms with Crippen molar-refractivity contribution in [3.63, 3.8) is 0 Å². The molecule has 1 aromatic carbocycles. The van der Waals surface area contributed by atoms with Gasteiger partial charge in [0.1, 0.15) is 12.2 Å². The van der Waals surface area contributed by atoms with Crippen LogP contribution in [0.4, 0.5) is 5.69 Å². The van der Waals surface area contributed by atoms with Gasteiger partial charge in [-0.2, -0.15) is 0 Å². The molecule has 138 valence electrons. The second-order valence-electron chi connectivity index (χ2n) is 7.04. The van der Waals surface area contributed by atoms with Crippen LogP contribution in [0.2, 0.25) is 0 Å². The number of ether oxygens (including phenoxy) is 1. The fourth-order valence-electron chi connectivity index (χ4n) is 3.77. The standard InChI is InChI=1S/C19H25N5O2/c1-14-12-15(2-4-17(14)23-8-10-26-11-9-23)19(25)21-16-3-5-18-22-20-13-24(18)7-6-16/h2,4,12-13,16H,3,5-11H2,1H3,(H,21,25). The molecular formula is C19H25N5O2. The molecule has 0 aliphatic carbocycles.